The third-order valence-corrected chi connectivity index (χ3v) is 6.05. The standard InChI is InChI=1S/C19H30N2O3S/c1-15-8-12-21(13-9-15)11-5-4-10-20-19(22)18-14-17(25(3,23)24)7-6-16(18)2/h6-7,14-15H,4-5,8-13H2,1-3H3,(H,20,22). The van der Waals surface area contributed by atoms with Crippen LogP contribution in [0.25, 0.3) is 0 Å². The molecule has 0 radical (unpaired) electrons. The van der Waals surface area contributed by atoms with Gasteiger partial charge in [0, 0.05) is 18.4 Å². The summed E-state index contributed by atoms with van der Waals surface area (Å²) in [6.45, 7) is 8.21. The lowest BCUT2D eigenvalue weighted by Crippen LogP contribution is -2.34. The number of unbranched alkanes of at least 4 members (excludes halogenated alkanes) is 1. The molecule has 1 aliphatic rings. The van der Waals surface area contributed by atoms with Crippen LogP contribution in [0, 0.1) is 12.8 Å². The Balaban J connectivity index is 1.77. The van der Waals surface area contributed by atoms with E-state index in [1.54, 1.807) is 12.1 Å². The van der Waals surface area contributed by atoms with Crippen molar-refractivity contribution in [3.05, 3.63) is 29.3 Å². The van der Waals surface area contributed by atoms with Gasteiger partial charge in [0.25, 0.3) is 5.91 Å². The molecule has 0 atom stereocenters. The van der Waals surface area contributed by atoms with Crippen molar-refractivity contribution in [2.75, 3.05) is 32.4 Å². The molecule has 0 aromatic heterocycles. The van der Waals surface area contributed by atoms with Crippen molar-refractivity contribution >= 4 is 15.7 Å². The topological polar surface area (TPSA) is 66.5 Å². The van der Waals surface area contributed by atoms with Crippen LogP contribution in [-0.2, 0) is 9.84 Å². The molecule has 0 bridgehead atoms. The van der Waals surface area contributed by atoms with E-state index in [9.17, 15) is 13.2 Å². The number of amides is 1. The van der Waals surface area contributed by atoms with E-state index in [0.717, 1.165) is 37.1 Å². The van der Waals surface area contributed by atoms with Crippen molar-refractivity contribution in [3.8, 4) is 0 Å². The van der Waals surface area contributed by atoms with Crippen molar-refractivity contribution in [1.82, 2.24) is 10.2 Å². The third-order valence-electron chi connectivity index (χ3n) is 4.94. The molecule has 1 saturated heterocycles. The van der Waals surface area contributed by atoms with Gasteiger partial charge in [-0.05, 0) is 75.9 Å². The van der Waals surface area contributed by atoms with Crippen molar-refractivity contribution in [2.24, 2.45) is 5.92 Å². The summed E-state index contributed by atoms with van der Waals surface area (Å²) < 4.78 is 23.3. The van der Waals surface area contributed by atoms with Crippen LogP contribution in [0.1, 0.15) is 48.5 Å². The first kappa shape index (κ1) is 19.9. The van der Waals surface area contributed by atoms with E-state index in [4.69, 9.17) is 0 Å². The maximum absolute atomic E-state index is 12.3. The maximum atomic E-state index is 12.3. The van der Waals surface area contributed by atoms with Crippen LogP contribution < -0.4 is 5.32 Å². The summed E-state index contributed by atoms with van der Waals surface area (Å²) in [5.41, 5.74) is 1.22. The number of sulfone groups is 1. The summed E-state index contributed by atoms with van der Waals surface area (Å²) in [5, 5.41) is 2.91. The third kappa shape index (κ3) is 6.12. The molecule has 1 amide bonds. The molecule has 0 saturated carbocycles. The summed E-state index contributed by atoms with van der Waals surface area (Å²) in [4.78, 5) is 15.0. The van der Waals surface area contributed by atoms with Gasteiger partial charge in [-0.25, -0.2) is 8.42 Å². The molecule has 1 N–H and O–H groups in total. The number of carbonyl (C=O) groups is 1. The minimum Gasteiger partial charge on any atom is -0.352 e. The lowest BCUT2D eigenvalue weighted by Gasteiger charge is -2.30. The number of likely N-dealkylation sites (tertiary alicyclic amines) is 1. The SMILES string of the molecule is Cc1ccc(S(C)(=O)=O)cc1C(=O)NCCCCN1CCC(C)CC1. The summed E-state index contributed by atoms with van der Waals surface area (Å²) in [5.74, 6) is 0.649. The highest BCUT2D eigenvalue weighted by Gasteiger charge is 2.16. The smallest absolute Gasteiger partial charge is 0.251 e. The van der Waals surface area contributed by atoms with Crippen LogP contribution in [0.15, 0.2) is 23.1 Å². The Kier molecular flexibility index (Phi) is 7.02. The number of nitrogens with zero attached hydrogens (tertiary/aromatic N) is 1. The van der Waals surface area contributed by atoms with Crippen LogP contribution in [0.4, 0.5) is 0 Å². The van der Waals surface area contributed by atoms with E-state index in [1.165, 1.54) is 32.0 Å². The molecule has 1 heterocycles. The number of piperidine rings is 1. The van der Waals surface area contributed by atoms with E-state index in [0.29, 0.717) is 12.1 Å². The van der Waals surface area contributed by atoms with Gasteiger partial charge in [0.2, 0.25) is 0 Å². The van der Waals surface area contributed by atoms with Crippen molar-refractivity contribution in [2.45, 2.75) is 44.4 Å². The molecule has 1 aromatic carbocycles. The van der Waals surface area contributed by atoms with E-state index < -0.39 is 9.84 Å². The number of nitrogens with one attached hydrogen (secondary N) is 1. The van der Waals surface area contributed by atoms with E-state index in [-0.39, 0.29) is 10.8 Å². The van der Waals surface area contributed by atoms with Gasteiger partial charge >= 0.3 is 0 Å². The second-order valence-corrected chi connectivity index (χ2v) is 9.25. The van der Waals surface area contributed by atoms with Crippen LogP contribution >= 0.6 is 0 Å². The van der Waals surface area contributed by atoms with E-state index >= 15 is 0 Å². The Morgan fingerprint density at radius 3 is 2.56 bits per heavy atom. The number of hydrogen-bond acceptors (Lipinski definition) is 4. The van der Waals surface area contributed by atoms with Gasteiger partial charge in [0.05, 0.1) is 4.90 Å². The summed E-state index contributed by atoms with van der Waals surface area (Å²) in [6, 6.07) is 4.69. The normalized spacial score (nSPS) is 16.8. The Bertz CT molecular complexity index is 693. The van der Waals surface area contributed by atoms with Crippen molar-refractivity contribution in [3.63, 3.8) is 0 Å². The van der Waals surface area contributed by atoms with Gasteiger partial charge in [0.15, 0.2) is 9.84 Å². The molecule has 0 spiro atoms. The van der Waals surface area contributed by atoms with E-state index in [1.807, 2.05) is 6.92 Å². The molecule has 0 aliphatic carbocycles. The molecule has 2 rings (SSSR count). The van der Waals surface area contributed by atoms with Gasteiger partial charge in [-0.2, -0.15) is 0 Å². The number of rotatable bonds is 7. The molecule has 140 valence electrons. The zero-order valence-corrected chi connectivity index (χ0v) is 16.4. The first-order valence-electron chi connectivity index (χ1n) is 9.08. The summed E-state index contributed by atoms with van der Waals surface area (Å²) in [7, 11) is -3.31. The van der Waals surface area contributed by atoms with Gasteiger partial charge in [-0.1, -0.05) is 13.0 Å². The fourth-order valence-electron chi connectivity index (χ4n) is 3.12. The second-order valence-electron chi connectivity index (χ2n) is 7.24. The highest BCUT2D eigenvalue weighted by Crippen LogP contribution is 2.17. The molecule has 6 heteroatoms. The van der Waals surface area contributed by atoms with Gasteiger partial charge in [-0.3, -0.25) is 4.79 Å². The Labute approximate surface area is 151 Å². The largest absolute Gasteiger partial charge is 0.352 e. The molecule has 25 heavy (non-hydrogen) atoms. The van der Waals surface area contributed by atoms with Crippen molar-refractivity contribution < 1.29 is 13.2 Å². The second kappa shape index (κ2) is 8.81. The van der Waals surface area contributed by atoms with Gasteiger partial charge in [0.1, 0.15) is 0 Å². The van der Waals surface area contributed by atoms with Gasteiger partial charge < -0.3 is 10.2 Å². The first-order valence-corrected chi connectivity index (χ1v) is 11.0. The maximum Gasteiger partial charge on any atom is 0.251 e. The van der Waals surface area contributed by atoms with Crippen LogP contribution in [0.5, 0.6) is 0 Å². The molecule has 1 aromatic rings. The number of hydrogen-bond donors (Lipinski definition) is 1. The van der Waals surface area contributed by atoms with Crippen LogP contribution in [0.3, 0.4) is 0 Å². The average molecular weight is 367 g/mol. The predicted molar refractivity (Wildman–Crippen MR) is 101 cm³/mol. The number of benzene rings is 1. The molecule has 0 unspecified atom stereocenters. The minimum absolute atomic E-state index is 0.183. The number of aryl methyl sites for hydroxylation is 1. The average Bonchev–Trinajstić information content (AvgIpc) is 2.55. The molecule has 1 aliphatic heterocycles. The highest BCUT2D eigenvalue weighted by molar-refractivity contribution is 7.90. The summed E-state index contributed by atoms with van der Waals surface area (Å²) in [6.07, 6.45) is 5.72. The molecular weight excluding hydrogens is 336 g/mol. The van der Waals surface area contributed by atoms with Crippen LogP contribution in [0.2, 0.25) is 0 Å². The Morgan fingerprint density at radius 2 is 1.92 bits per heavy atom. The first-order chi connectivity index (χ1) is 11.8. The Hall–Kier alpha value is -1.40. The zero-order valence-electron chi connectivity index (χ0n) is 15.5. The monoisotopic (exact) mass is 366 g/mol. The minimum atomic E-state index is -3.31. The lowest BCUT2D eigenvalue weighted by atomic mass is 9.99. The predicted octanol–water partition coefficient (Wildman–Crippen LogP) is 2.64. The lowest BCUT2D eigenvalue weighted by molar-refractivity contribution is 0.0951. The fraction of sp³-hybridized carbons (Fsp3) is 0.632. The van der Waals surface area contributed by atoms with Gasteiger partial charge in [-0.15, -0.1) is 0 Å². The Morgan fingerprint density at radius 1 is 1.24 bits per heavy atom. The molecular formula is C19H30N2O3S. The highest BCUT2D eigenvalue weighted by atomic mass is 32.2. The van der Waals surface area contributed by atoms with E-state index in [2.05, 4.69) is 17.1 Å². The van der Waals surface area contributed by atoms with Crippen LogP contribution in [-0.4, -0.2) is 51.7 Å². The molecule has 1 fully saturated rings. The summed E-state index contributed by atoms with van der Waals surface area (Å²) >= 11 is 0. The zero-order chi connectivity index (χ0) is 18.4. The number of carbonyl (C=O) groups excluding carboxylic acids is 1. The fourth-order valence-corrected chi connectivity index (χ4v) is 3.77. The molecule has 5 nitrogen and oxygen atoms in total. The van der Waals surface area contributed by atoms with Crippen molar-refractivity contribution in [1.29, 1.82) is 0 Å². The quantitative estimate of drug-likeness (QED) is 0.754.